The summed E-state index contributed by atoms with van der Waals surface area (Å²) in [6.07, 6.45) is 3.65. The lowest BCUT2D eigenvalue weighted by molar-refractivity contribution is 0.0170. The van der Waals surface area contributed by atoms with Crippen LogP contribution in [0.4, 0.5) is 10.1 Å². The normalized spacial score (nSPS) is 16.2. The highest BCUT2D eigenvalue weighted by Crippen LogP contribution is 2.20. The highest BCUT2D eigenvalue weighted by Gasteiger charge is 2.22. The minimum atomic E-state index is -0.297. The lowest BCUT2D eigenvalue weighted by Crippen LogP contribution is -2.44. The molecule has 2 heterocycles. The lowest BCUT2D eigenvalue weighted by atomic mass is 10.1. The Morgan fingerprint density at radius 1 is 1.28 bits per heavy atom. The Bertz CT molecular complexity index is 694. The van der Waals surface area contributed by atoms with Gasteiger partial charge in [0.2, 0.25) is 0 Å². The molecule has 1 saturated heterocycles. The number of aromatic nitrogens is 1. The summed E-state index contributed by atoms with van der Waals surface area (Å²) in [5.74, 6) is -0.297. The predicted molar refractivity (Wildman–Crippen MR) is 100.0 cm³/mol. The first-order valence-electron chi connectivity index (χ1n) is 8.24. The van der Waals surface area contributed by atoms with Gasteiger partial charge in [0.25, 0.3) is 0 Å². The topological polar surface area (TPSA) is 49.4 Å². The number of hydrogen-bond donors (Lipinski definition) is 2. The van der Waals surface area contributed by atoms with Crippen LogP contribution in [0, 0.1) is 5.82 Å². The van der Waals surface area contributed by atoms with Crippen LogP contribution in [0.5, 0.6) is 0 Å². The minimum Gasteiger partial charge on any atom is -0.379 e. The van der Waals surface area contributed by atoms with Gasteiger partial charge in [-0.15, -0.1) is 0 Å². The SMILES string of the molecule is Fc1cccc(NC(=S)NC[C@@H](c2cccnc2)N2CCOCC2)c1. The van der Waals surface area contributed by atoms with Crippen molar-refractivity contribution in [1.29, 1.82) is 0 Å². The van der Waals surface area contributed by atoms with Crippen LogP contribution in [-0.4, -0.2) is 47.8 Å². The van der Waals surface area contributed by atoms with Crippen molar-refractivity contribution in [3.63, 3.8) is 0 Å². The fourth-order valence-corrected chi connectivity index (χ4v) is 3.05. The molecule has 25 heavy (non-hydrogen) atoms. The van der Waals surface area contributed by atoms with Gasteiger partial charge >= 0.3 is 0 Å². The Morgan fingerprint density at radius 3 is 2.84 bits per heavy atom. The van der Waals surface area contributed by atoms with Crippen LogP contribution in [0.1, 0.15) is 11.6 Å². The Morgan fingerprint density at radius 2 is 2.12 bits per heavy atom. The Hall–Kier alpha value is -2.09. The molecule has 1 fully saturated rings. The summed E-state index contributed by atoms with van der Waals surface area (Å²) in [7, 11) is 0. The van der Waals surface area contributed by atoms with Crippen molar-refractivity contribution >= 4 is 23.0 Å². The van der Waals surface area contributed by atoms with E-state index in [0.29, 0.717) is 17.3 Å². The van der Waals surface area contributed by atoms with Crippen LogP contribution in [0.2, 0.25) is 0 Å². The molecule has 0 bridgehead atoms. The molecule has 0 radical (unpaired) electrons. The molecule has 1 aromatic heterocycles. The van der Waals surface area contributed by atoms with E-state index in [1.54, 1.807) is 18.3 Å². The third-order valence-corrected chi connectivity index (χ3v) is 4.34. The molecule has 0 amide bonds. The average Bonchev–Trinajstić information content (AvgIpc) is 2.64. The Kier molecular flexibility index (Phi) is 6.27. The number of anilines is 1. The van der Waals surface area contributed by atoms with Crippen LogP contribution in [-0.2, 0) is 4.74 Å². The van der Waals surface area contributed by atoms with E-state index in [1.165, 1.54) is 12.1 Å². The van der Waals surface area contributed by atoms with E-state index in [1.807, 2.05) is 12.3 Å². The first kappa shape index (κ1) is 17.7. The number of halogens is 1. The minimum absolute atomic E-state index is 0.143. The number of ether oxygens (including phenoxy) is 1. The first-order valence-corrected chi connectivity index (χ1v) is 8.65. The number of pyridine rings is 1. The Balaban J connectivity index is 1.62. The predicted octanol–water partition coefficient (Wildman–Crippen LogP) is 2.58. The summed E-state index contributed by atoms with van der Waals surface area (Å²) >= 11 is 5.35. The number of morpholine rings is 1. The molecular weight excluding hydrogens is 339 g/mol. The molecule has 1 aromatic carbocycles. The number of hydrogen-bond acceptors (Lipinski definition) is 4. The van der Waals surface area contributed by atoms with Crippen molar-refractivity contribution in [2.24, 2.45) is 0 Å². The summed E-state index contributed by atoms with van der Waals surface area (Å²) in [6, 6.07) is 10.4. The number of nitrogens with zero attached hydrogens (tertiary/aromatic N) is 2. The standard InChI is InChI=1S/C18H21FN4OS/c19-15-4-1-5-16(11-15)22-18(25)21-13-17(14-3-2-6-20-12-14)23-7-9-24-10-8-23/h1-6,11-12,17H,7-10,13H2,(H2,21,22,25)/t17-/m0/s1. The monoisotopic (exact) mass is 360 g/mol. The van der Waals surface area contributed by atoms with Crippen LogP contribution in [0.25, 0.3) is 0 Å². The van der Waals surface area contributed by atoms with E-state index in [0.717, 1.165) is 31.9 Å². The largest absolute Gasteiger partial charge is 0.379 e. The van der Waals surface area contributed by atoms with Crippen molar-refractivity contribution < 1.29 is 9.13 Å². The average molecular weight is 360 g/mol. The maximum Gasteiger partial charge on any atom is 0.170 e. The third-order valence-electron chi connectivity index (χ3n) is 4.09. The molecule has 1 atom stereocenters. The second-order valence-electron chi connectivity index (χ2n) is 5.80. The summed E-state index contributed by atoms with van der Waals surface area (Å²) in [5, 5.41) is 6.71. The lowest BCUT2D eigenvalue weighted by Gasteiger charge is -2.35. The zero-order valence-corrected chi connectivity index (χ0v) is 14.6. The molecule has 0 unspecified atom stereocenters. The molecule has 0 spiro atoms. The highest BCUT2D eigenvalue weighted by molar-refractivity contribution is 7.80. The molecule has 0 saturated carbocycles. The van der Waals surface area contributed by atoms with Crippen LogP contribution in [0.3, 0.4) is 0 Å². The molecule has 3 rings (SSSR count). The van der Waals surface area contributed by atoms with E-state index in [9.17, 15) is 4.39 Å². The summed E-state index contributed by atoms with van der Waals surface area (Å²) in [4.78, 5) is 6.59. The third kappa shape index (κ3) is 5.19. The zero-order chi connectivity index (χ0) is 17.5. The number of thiocarbonyl (C=S) groups is 1. The van der Waals surface area contributed by atoms with Gasteiger partial charge in [0, 0.05) is 37.7 Å². The number of rotatable bonds is 5. The van der Waals surface area contributed by atoms with Gasteiger partial charge in [0.15, 0.2) is 5.11 Å². The smallest absolute Gasteiger partial charge is 0.170 e. The summed E-state index contributed by atoms with van der Waals surface area (Å²) in [5.41, 5.74) is 1.76. The van der Waals surface area contributed by atoms with E-state index in [2.05, 4.69) is 26.6 Å². The van der Waals surface area contributed by atoms with Crippen molar-refractivity contribution in [2.45, 2.75) is 6.04 Å². The maximum atomic E-state index is 13.3. The fourth-order valence-electron chi connectivity index (χ4n) is 2.85. The van der Waals surface area contributed by atoms with Gasteiger partial charge in [-0.2, -0.15) is 0 Å². The van der Waals surface area contributed by atoms with Gasteiger partial charge in [-0.1, -0.05) is 12.1 Å². The summed E-state index contributed by atoms with van der Waals surface area (Å²) < 4.78 is 18.7. The second kappa shape index (κ2) is 8.84. The van der Waals surface area contributed by atoms with E-state index in [4.69, 9.17) is 17.0 Å². The molecule has 2 N–H and O–H groups in total. The van der Waals surface area contributed by atoms with Gasteiger partial charge in [0.05, 0.1) is 19.3 Å². The van der Waals surface area contributed by atoms with Crippen molar-refractivity contribution in [1.82, 2.24) is 15.2 Å². The van der Waals surface area contributed by atoms with Gasteiger partial charge in [-0.05, 0) is 42.0 Å². The molecule has 5 nitrogen and oxygen atoms in total. The number of benzene rings is 1. The quantitative estimate of drug-likeness (QED) is 0.800. The second-order valence-corrected chi connectivity index (χ2v) is 6.20. The van der Waals surface area contributed by atoms with Gasteiger partial charge in [0.1, 0.15) is 5.82 Å². The zero-order valence-electron chi connectivity index (χ0n) is 13.8. The molecule has 2 aromatic rings. The van der Waals surface area contributed by atoms with Crippen molar-refractivity contribution in [3.05, 3.63) is 60.2 Å². The van der Waals surface area contributed by atoms with E-state index >= 15 is 0 Å². The van der Waals surface area contributed by atoms with Crippen molar-refractivity contribution in [2.75, 3.05) is 38.2 Å². The molecular formula is C18H21FN4OS. The van der Waals surface area contributed by atoms with Crippen LogP contribution < -0.4 is 10.6 Å². The van der Waals surface area contributed by atoms with E-state index in [-0.39, 0.29) is 11.9 Å². The maximum absolute atomic E-state index is 13.3. The first-order chi connectivity index (χ1) is 12.2. The van der Waals surface area contributed by atoms with E-state index < -0.39 is 0 Å². The van der Waals surface area contributed by atoms with Gasteiger partial charge in [-0.25, -0.2) is 4.39 Å². The molecule has 1 aliphatic rings. The van der Waals surface area contributed by atoms with Crippen LogP contribution in [0.15, 0.2) is 48.8 Å². The van der Waals surface area contributed by atoms with Gasteiger partial charge < -0.3 is 15.4 Å². The van der Waals surface area contributed by atoms with Gasteiger partial charge in [-0.3, -0.25) is 9.88 Å². The van der Waals surface area contributed by atoms with Crippen molar-refractivity contribution in [3.8, 4) is 0 Å². The Labute approximate surface area is 152 Å². The number of nitrogens with one attached hydrogen (secondary N) is 2. The fraction of sp³-hybridized carbons (Fsp3) is 0.333. The summed E-state index contributed by atoms with van der Waals surface area (Å²) in [6.45, 7) is 3.81. The molecule has 132 valence electrons. The molecule has 0 aliphatic carbocycles. The highest BCUT2D eigenvalue weighted by atomic mass is 32.1. The molecule has 1 aliphatic heterocycles. The van der Waals surface area contributed by atoms with Crippen LogP contribution >= 0.6 is 12.2 Å². The molecule has 7 heteroatoms.